The Bertz CT molecular complexity index is 465. The fraction of sp³-hybridized carbons (Fsp3) is 1.00. The second kappa shape index (κ2) is 110. The van der Waals surface area contributed by atoms with Crippen LogP contribution < -0.4 is 81.7 Å². The first-order valence-electron chi connectivity index (χ1n) is 22.2. The average Bonchev–Trinajstić information content (AvgIpc) is 2.97. The van der Waals surface area contributed by atoms with E-state index in [1.807, 2.05) is 0 Å². The molecule has 0 aliphatic heterocycles. The molecule has 0 radical (unpaired) electrons. The van der Waals surface area contributed by atoms with E-state index in [1.54, 1.807) is 176 Å². The van der Waals surface area contributed by atoms with Gasteiger partial charge < -0.3 is 91.5 Å². The van der Waals surface area contributed by atoms with Crippen molar-refractivity contribution in [3.05, 3.63) is 0 Å². The SMILES string of the molecule is CC(C)[O-].CC(C)[O-].CC(C)[O-].CC(C)[O-].CC(C)[O-].CC(C)[O-].CC(C)[O-].CC(C)[O-].CC(C)[O-].CC(C)[O-].CC(C)[O-].CC(C)[O-].[O-]CCN(CC[O-])CCN(CC[O-])CC[O-].[Ti+4].[Ti+4].[Ti+4].[Ti+4]. The fourth-order valence-electron chi connectivity index (χ4n) is 1.47. The summed E-state index contributed by atoms with van der Waals surface area (Å²) < 4.78 is 0. The molecule has 0 saturated heterocycles. The van der Waals surface area contributed by atoms with Crippen LogP contribution in [0.4, 0.5) is 0 Å². The van der Waals surface area contributed by atoms with Gasteiger partial charge in [-0.05, 0) is 26.2 Å². The molecule has 22 heteroatoms. The van der Waals surface area contributed by atoms with E-state index in [4.69, 9.17) is 0 Å². The van der Waals surface area contributed by atoms with Crippen molar-refractivity contribution in [2.45, 2.75) is 239 Å². The van der Waals surface area contributed by atoms with Crippen LogP contribution in [0.2, 0.25) is 0 Å². The van der Waals surface area contributed by atoms with Crippen LogP contribution in [-0.4, -0.2) is 149 Å². The molecule has 68 heavy (non-hydrogen) atoms. The fourth-order valence-corrected chi connectivity index (χ4v) is 1.47. The second-order valence-electron chi connectivity index (χ2n) is 16.1. The van der Waals surface area contributed by atoms with Crippen molar-refractivity contribution in [2.24, 2.45) is 0 Å². The first-order valence-corrected chi connectivity index (χ1v) is 22.2. The number of hydrogen-bond acceptors (Lipinski definition) is 18. The smallest absolute Gasteiger partial charge is 0.854 e. The van der Waals surface area contributed by atoms with E-state index in [1.165, 1.54) is 0 Å². The summed E-state index contributed by atoms with van der Waals surface area (Å²) in [6.45, 7) is 40.3. The molecule has 0 aliphatic carbocycles. The van der Waals surface area contributed by atoms with Gasteiger partial charge in [0.05, 0.1) is 0 Å². The van der Waals surface area contributed by atoms with Gasteiger partial charge >= 0.3 is 86.9 Å². The molecule has 0 spiro atoms. The Labute approximate surface area is 479 Å². The van der Waals surface area contributed by atoms with Gasteiger partial charge in [-0.2, -0.15) is 0 Å². The first kappa shape index (κ1) is 119. The minimum Gasteiger partial charge on any atom is -0.854 e. The largest absolute Gasteiger partial charge is 4.00 e. The van der Waals surface area contributed by atoms with Crippen LogP contribution >= 0.6 is 0 Å². The number of nitrogens with zero attached hydrogens (tertiary/aromatic N) is 2. The van der Waals surface area contributed by atoms with Gasteiger partial charge in [0.2, 0.25) is 0 Å². The number of hydrogen-bond donors (Lipinski definition) is 0. The molecule has 0 saturated carbocycles. The van der Waals surface area contributed by atoms with Gasteiger partial charge in [-0.1, -0.05) is 166 Å². The summed E-state index contributed by atoms with van der Waals surface area (Å²) in [5, 5.41) is 156. The van der Waals surface area contributed by atoms with Crippen LogP contribution in [-0.2, 0) is 86.9 Å². The van der Waals surface area contributed by atoms with E-state index in [9.17, 15) is 81.7 Å². The van der Waals surface area contributed by atoms with Gasteiger partial charge in [0, 0.05) is 13.1 Å². The van der Waals surface area contributed by atoms with Crippen molar-refractivity contribution < 1.29 is 169 Å². The zero-order valence-electron chi connectivity index (χ0n) is 47.4. The molecule has 18 nitrogen and oxygen atoms in total. The standard InChI is InChI=1S/C10H20N2O4.12C3H7O.4Ti/c13-7-3-11(4-8-14)1-2-12(5-9-15)6-10-16;12*1-3(2)4;;;;/h1-10H2;12*3H,1-2H3;;;;/q-4;12*-1;4*+4. The van der Waals surface area contributed by atoms with Crippen LogP contribution in [0.15, 0.2) is 0 Å². The van der Waals surface area contributed by atoms with Gasteiger partial charge in [-0.25, -0.2) is 0 Å². The normalized spacial score (nSPS) is 9.09. The summed E-state index contributed by atoms with van der Waals surface area (Å²) in [6, 6.07) is 0. The molecule has 0 aromatic rings. The molecule has 0 aromatic carbocycles. The molecule has 0 rings (SSSR count). The van der Waals surface area contributed by atoms with Crippen molar-refractivity contribution in [1.29, 1.82) is 0 Å². The maximum Gasteiger partial charge on any atom is 4.00 e. The predicted octanol–water partition coefficient (Wildman–Crippen LogP) is -7.92. The molecule has 0 fully saturated rings. The molecule has 0 atom stereocenters. The molecule has 0 unspecified atom stereocenters. The second-order valence-corrected chi connectivity index (χ2v) is 16.1. The van der Waals surface area contributed by atoms with Gasteiger partial charge in [0.15, 0.2) is 0 Å². The molecule has 0 heterocycles. The van der Waals surface area contributed by atoms with E-state index < -0.39 is 73.2 Å². The Morgan fingerprint density at radius 1 is 0.191 bits per heavy atom. The maximum absolute atomic E-state index is 10.5. The van der Waals surface area contributed by atoms with Crippen molar-refractivity contribution in [1.82, 2.24) is 9.80 Å². The molecule has 0 aromatic heterocycles. The van der Waals surface area contributed by atoms with Crippen molar-refractivity contribution >= 4 is 0 Å². The van der Waals surface area contributed by atoms with Crippen LogP contribution in [0, 0.1) is 0 Å². The van der Waals surface area contributed by atoms with Crippen molar-refractivity contribution in [3.8, 4) is 0 Å². The summed E-state index contributed by atoms with van der Waals surface area (Å²) in [6.07, 6.45) is -5.00. The quantitative estimate of drug-likeness (QED) is 0.173. The van der Waals surface area contributed by atoms with E-state index in [0.717, 1.165) is 0 Å². The Morgan fingerprint density at radius 2 is 0.250 bits per heavy atom. The zero-order valence-corrected chi connectivity index (χ0v) is 53.7. The van der Waals surface area contributed by atoms with E-state index in [-0.39, 0.29) is 113 Å². The zero-order chi connectivity index (χ0) is 55.2. The van der Waals surface area contributed by atoms with Crippen LogP contribution in [0.1, 0.15) is 166 Å². The maximum atomic E-state index is 10.5. The minimum atomic E-state index is -0.417. The van der Waals surface area contributed by atoms with E-state index in [0.29, 0.717) is 39.3 Å². The monoisotopic (exact) mass is 1130 g/mol. The summed E-state index contributed by atoms with van der Waals surface area (Å²) in [5.41, 5.74) is 0. The van der Waals surface area contributed by atoms with Crippen molar-refractivity contribution in [2.75, 3.05) is 65.7 Å². The van der Waals surface area contributed by atoms with Crippen LogP contribution in [0.3, 0.4) is 0 Å². The molecule has 410 valence electrons. The summed E-state index contributed by atoms with van der Waals surface area (Å²) in [5.74, 6) is 0. The Balaban J connectivity index is -0.0000000289. The van der Waals surface area contributed by atoms with Crippen molar-refractivity contribution in [3.63, 3.8) is 0 Å². The molecule has 0 amide bonds. The van der Waals surface area contributed by atoms with Gasteiger partial charge in [-0.15, -0.1) is 99.7 Å². The summed E-state index contributed by atoms with van der Waals surface area (Å²) in [4.78, 5) is 3.56. The molecule has 0 N–H and O–H groups in total. The number of rotatable bonds is 11. The van der Waals surface area contributed by atoms with Crippen LogP contribution in [0.5, 0.6) is 0 Å². The van der Waals surface area contributed by atoms with Crippen LogP contribution in [0.25, 0.3) is 0 Å². The predicted molar refractivity (Wildman–Crippen MR) is 234 cm³/mol. The van der Waals surface area contributed by atoms with E-state index in [2.05, 4.69) is 0 Å². The minimum absolute atomic E-state index is 0. The average molecular weight is 1130 g/mol. The summed E-state index contributed by atoms with van der Waals surface area (Å²) in [7, 11) is 0. The topological polar surface area (TPSA) is 375 Å². The molecule has 0 bridgehead atoms. The molecule has 0 aliphatic rings. The third-order valence-electron chi connectivity index (χ3n) is 2.36. The van der Waals surface area contributed by atoms with Gasteiger partial charge in [-0.3, -0.25) is 0 Å². The Kier molecular flexibility index (Phi) is 191. The third kappa shape index (κ3) is 839. The first-order chi connectivity index (χ1) is 28.6. The summed E-state index contributed by atoms with van der Waals surface area (Å²) >= 11 is 0. The van der Waals surface area contributed by atoms with Gasteiger partial charge in [0.25, 0.3) is 0 Å². The van der Waals surface area contributed by atoms with E-state index >= 15 is 0 Å². The third-order valence-corrected chi connectivity index (χ3v) is 2.36. The Hall–Kier alpha value is 2.14. The van der Waals surface area contributed by atoms with Gasteiger partial charge in [0.1, 0.15) is 0 Å². The Morgan fingerprint density at radius 3 is 0.294 bits per heavy atom. The molecular weight excluding hydrogens is 1030 g/mol. The molecular formula is C46H104N2O16Ti4.